The number of nitrogens with one attached hydrogen (secondary N) is 14. The second kappa shape index (κ2) is 56.8. The number of carbonyl (C=O) groups is 18. The summed E-state index contributed by atoms with van der Waals surface area (Å²) >= 11 is 0.688. The zero-order valence-corrected chi connectivity index (χ0v) is 80.2. The molecule has 0 bridgehead atoms. The first-order chi connectivity index (χ1) is 65.3. The van der Waals surface area contributed by atoms with Crippen molar-refractivity contribution in [3.05, 3.63) is 155 Å². The molecule has 1 fully saturated rings. The van der Waals surface area contributed by atoms with Gasteiger partial charge in [-0.15, -0.1) is 11.8 Å². The van der Waals surface area contributed by atoms with E-state index in [9.17, 15) is 73.2 Å². The smallest absolute Gasteiger partial charge is 0.341 e. The quantitative estimate of drug-likeness (QED) is 0.0267. The Kier molecular flexibility index (Phi) is 46.6. The van der Waals surface area contributed by atoms with Gasteiger partial charge in [-0.1, -0.05) is 178 Å². The number of primary amides is 1. The number of amides is 15. The Morgan fingerprint density at radius 2 is 0.717 bits per heavy atom. The van der Waals surface area contributed by atoms with Gasteiger partial charge in [-0.05, 0) is 146 Å². The molecular formula is C96H133N17O24S. The van der Waals surface area contributed by atoms with Gasteiger partial charge < -0.3 is 122 Å². The molecule has 0 spiro atoms. The average molecular weight is 1940 g/mol. The third kappa shape index (κ3) is 38.9. The number of hydrogen-bond acceptors (Lipinski definition) is 24. The van der Waals surface area contributed by atoms with Crippen LogP contribution in [0.5, 0.6) is 11.5 Å². The molecule has 5 aromatic carbocycles. The molecule has 14 atom stereocenters. The molecule has 138 heavy (non-hydrogen) atoms. The molecule has 1 saturated heterocycles. The lowest BCUT2D eigenvalue weighted by molar-refractivity contribution is -0.142. The molecule has 42 heteroatoms. The molecule has 6 rings (SSSR count). The minimum Gasteiger partial charge on any atom is -0.482 e. The standard InChI is InChI=1S/C96H133N17O24S/c1-51(2)37-67-86(125)101-66(34-36-98)85(124)104-69(39-53(5)6)92(131)112-82(55(9)10)96(135)110-75(46-114)94(133)111-76(83(99)122)49-138-50-77(115)100-70(41-58-24-30-63(31-25-58)136-47-79(118)119)88(127)106-71(43-59-26-32-64(33-27-59)137-48-80(120)121)89(128)109-74(45-78(116)117)91(130)108-73(44-60-18-15-17-56(11)40-60)90(129)105-68(38-52(3)4)87(126)107-72(42-57-22-28-62(29-23-57)61-19-13-12-14-20-61)93(132)113-81(54(7)8)95(134)102-65(21-16-35-97)84(123)103-67/h12-15,17-20,22-33,40,51-55,65-76,81-82,114H,16,21,34-39,41-50,97-98H2,1-11H3,(H2,99,122)(H,100,115)(H,101,125)(H,102,134)(H,103,123)(H,104,124)(H,105,129)(H,106,127)(H,107,126)(H,108,130)(H,109,128)(H,110,135)(H,111,133)(H,112,131)(H,113,132)(H,116,117)(H,118,119)(H,120,121)/t65-,66-,67+,68-,69-,70-,71-,72-,73-,74-,75-,76-,81-,82-/m0/s1. The van der Waals surface area contributed by atoms with E-state index in [0.29, 0.717) is 28.5 Å². The zero-order chi connectivity index (χ0) is 102. The zero-order valence-electron chi connectivity index (χ0n) is 79.4. The molecule has 752 valence electrons. The lowest BCUT2D eigenvalue weighted by Crippen LogP contribution is -2.62. The van der Waals surface area contributed by atoms with Crippen LogP contribution in [0.15, 0.2) is 127 Å². The SMILES string of the molecule is Cc1cccc(C[C@@H]2NC(=O)[C@H](CC(=O)O)NC(=O)[C@H](Cc3ccc(OCC(=O)O)cc3)NC(=O)[C@H](Cc3ccc(OCC(=O)O)cc3)NC(=O)CSC[C@@H](C(N)=O)NC(=O)[C@H](CO)NC(=O)[C@H](C(C)C)NC(=O)[C@H](CC(C)C)NC(=O)[C@H](CCN)NC(=O)[C@@H](CC(C)C)NC(=O)[C@H](CCCN)NC(=O)[C@H](C(C)C)NC(=O)[C@H](Cc3ccc(-c4ccccc4)cc3)NC(=O)[C@H](CC(C)C)NC2=O)c1. The first-order valence-electron chi connectivity index (χ1n) is 45.8. The molecule has 1 aliphatic rings. The Labute approximate surface area is 805 Å². The van der Waals surface area contributed by atoms with Gasteiger partial charge >= 0.3 is 17.9 Å². The number of aliphatic hydroxyl groups is 1. The van der Waals surface area contributed by atoms with Crippen LogP contribution in [0.2, 0.25) is 0 Å². The Balaban J connectivity index is 1.50. The number of aliphatic carboxylic acids is 3. The van der Waals surface area contributed by atoms with Crippen LogP contribution < -0.4 is 101 Å². The molecule has 0 radical (unpaired) electrons. The topological polar surface area (TPSA) is 653 Å². The van der Waals surface area contributed by atoms with Crippen LogP contribution in [0.25, 0.3) is 11.1 Å². The minimum atomic E-state index is -2.11. The van der Waals surface area contributed by atoms with Crippen molar-refractivity contribution in [3.63, 3.8) is 0 Å². The second-order valence-electron chi connectivity index (χ2n) is 35.9. The second-order valence-corrected chi connectivity index (χ2v) is 36.9. The van der Waals surface area contributed by atoms with E-state index in [0.717, 1.165) is 11.1 Å². The third-order valence-electron chi connectivity index (χ3n) is 22.0. The molecule has 41 nitrogen and oxygen atoms in total. The van der Waals surface area contributed by atoms with Crippen molar-refractivity contribution in [2.45, 2.75) is 231 Å². The van der Waals surface area contributed by atoms with Gasteiger partial charge in [0.2, 0.25) is 88.6 Å². The summed E-state index contributed by atoms with van der Waals surface area (Å²) < 4.78 is 10.6. The molecule has 0 aromatic heterocycles. The fourth-order valence-corrected chi connectivity index (χ4v) is 15.7. The number of aliphatic hydroxyl groups excluding tert-OH is 1. The van der Waals surface area contributed by atoms with Crippen LogP contribution in [0.1, 0.15) is 142 Å². The van der Waals surface area contributed by atoms with Crippen LogP contribution in [-0.2, 0) is 112 Å². The summed E-state index contributed by atoms with van der Waals surface area (Å²) in [4.78, 5) is 257. The summed E-state index contributed by atoms with van der Waals surface area (Å²) in [6.45, 7) is 15.7. The van der Waals surface area contributed by atoms with E-state index in [1.54, 1.807) is 111 Å². The molecule has 24 N–H and O–H groups in total. The van der Waals surface area contributed by atoms with Gasteiger partial charge in [0.05, 0.1) is 18.8 Å². The highest BCUT2D eigenvalue weighted by molar-refractivity contribution is 8.00. The number of ether oxygens (including phenoxy) is 2. The normalized spacial score (nSPS) is 22.8. The van der Waals surface area contributed by atoms with Crippen molar-refractivity contribution in [1.29, 1.82) is 0 Å². The number of hydrogen-bond donors (Lipinski definition) is 21. The summed E-state index contributed by atoms with van der Waals surface area (Å²) in [6.07, 6.45) is -3.14. The van der Waals surface area contributed by atoms with E-state index >= 15 is 33.6 Å². The average Bonchev–Trinajstić information content (AvgIpc) is 0.823. The van der Waals surface area contributed by atoms with E-state index in [-0.39, 0.29) is 98.9 Å². The molecule has 0 saturated carbocycles. The number of aryl methyl sites for hydroxylation is 1. The molecule has 0 unspecified atom stereocenters. The van der Waals surface area contributed by atoms with Gasteiger partial charge in [-0.2, -0.15) is 0 Å². The number of carbonyl (C=O) groups excluding carboxylic acids is 15. The summed E-state index contributed by atoms with van der Waals surface area (Å²) in [5, 5.41) is 76.5. The predicted molar refractivity (Wildman–Crippen MR) is 510 cm³/mol. The number of carboxylic acids is 3. The van der Waals surface area contributed by atoms with E-state index in [2.05, 4.69) is 74.4 Å². The lowest BCUT2D eigenvalue weighted by atomic mass is 9.97. The first kappa shape index (κ1) is 113. The monoisotopic (exact) mass is 1940 g/mol. The Morgan fingerprint density at radius 3 is 1.12 bits per heavy atom. The Morgan fingerprint density at radius 1 is 0.370 bits per heavy atom. The predicted octanol–water partition coefficient (Wildman–Crippen LogP) is -0.116. The fraction of sp³-hybridized carbons (Fsp3) is 0.500. The molecule has 15 amide bonds. The van der Waals surface area contributed by atoms with Crippen molar-refractivity contribution < 1.29 is 116 Å². The fourth-order valence-electron chi connectivity index (χ4n) is 14.8. The van der Waals surface area contributed by atoms with E-state index in [1.807, 2.05) is 30.3 Å². The van der Waals surface area contributed by atoms with E-state index in [1.165, 1.54) is 62.4 Å². The van der Waals surface area contributed by atoms with Gasteiger partial charge in [-0.25, -0.2) is 9.59 Å². The number of carboxylic acid groups (broad SMARTS) is 3. The number of benzene rings is 5. The number of rotatable bonds is 32. The van der Waals surface area contributed by atoms with Crippen LogP contribution in [0.4, 0.5) is 0 Å². The molecule has 1 aliphatic heterocycles. The van der Waals surface area contributed by atoms with E-state index < -0.39 is 259 Å². The number of nitrogens with two attached hydrogens (primary N) is 3. The minimum absolute atomic E-state index is 0.0195. The summed E-state index contributed by atoms with van der Waals surface area (Å²) in [7, 11) is 0. The van der Waals surface area contributed by atoms with Gasteiger partial charge in [0, 0.05) is 31.4 Å². The molecule has 0 aliphatic carbocycles. The lowest BCUT2D eigenvalue weighted by Gasteiger charge is -2.30. The third-order valence-corrected chi connectivity index (χ3v) is 23.0. The summed E-state index contributed by atoms with van der Waals surface area (Å²) in [5.74, 6) is -23.2. The largest absolute Gasteiger partial charge is 0.482 e. The van der Waals surface area contributed by atoms with Crippen LogP contribution in [0.3, 0.4) is 0 Å². The van der Waals surface area contributed by atoms with E-state index in [4.69, 9.17) is 26.7 Å². The summed E-state index contributed by atoms with van der Waals surface area (Å²) in [6, 6.07) is 11.4. The Bertz CT molecular complexity index is 4990. The first-order valence-corrected chi connectivity index (χ1v) is 46.9. The summed E-state index contributed by atoms with van der Waals surface area (Å²) in [5.41, 5.74) is 21.6. The Hall–Kier alpha value is -13.6. The van der Waals surface area contributed by atoms with Gasteiger partial charge in [0.25, 0.3) is 0 Å². The van der Waals surface area contributed by atoms with Crippen LogP contribution >= 0.6 is 11.8 Å². The van der Waals surface area contributed by atoms with Crippen molar-refractivity contribution in [2.75, 3.05) is 44.4 Å². The van der Waals surface area contributed by atoms with Crippen LogP contribution in [-0.4, -0.2) is 256 Å². The van der Waals surface area contributed by atoms with Gasteiger partial charge in [0.1, 0.15) is 96.1 Å². The van der Waals surface area contributed by atoms with Crippen molar-refractivity contribution in [2.24, 2.45) is 46.8 Å². The highest BCUT2D eigenvalue weighted by atomic mass is 32.2. The van der Waals surface area contributed by atoms with Gasteiger partial charge in [0.15, 0.2) is 13.2 Å². The maximum Gasteiger partial charge on any atom is 0.341 e. The number of thioether (sulfide) groups is 1. The molecule has 5 aromatic rings. The maximum atomic E-state index is 15.4. The van der Waals surface area contributed by atoms with Crippen molar-refractivity contribution >= 4 is 118 Å². The molecule has 1 heterocycles. The maximum absolute atomic E-state index is 15.4. The van der Waals surface area contributed by atoms with Crippen molar-refractivity contribution in [1.82, 2.24) is 74.4 Å². The highest BCUT2D eigenvalue weighted by Gasteiger charge is 2.41. The van der Waals surface area contributed by atoms with Gasteiger partial charge in [-0.3, -0.25) is 76.7 Å². The van der Waals surface area contributed by atoms with Crippen molar-refractivity contribution in [3.8, 4) is 22.6 Å². The molecular weight excluding hydrogens is 1810 g/mol. The highest BCUT2D eigenvalue weighted by Crippen LogP contribution is 2.24. The van der Waals surface area contributed by atoms with Crippen LogP contribution in [0, 0.1) is 36.5 Å².